The van der Waals surface area contributed by atoms with Crippen LogP contribution in [0.4, 0.5) is 0 Å². The van der Waals surface area contributed by atoms with Crippen LogP contribution in [-0.4, -0.2) is 27.7 Å². The minimum atomic E-state index is -1.52. The second-order valence-corrected chi connectivity index (χ2v) is 23.3. The summed E-state index contributed by atoms with van der Waals surface area (Å²) in [4.78, 5) is 10.3. The molecule has 0 saturated carbocycles. The summed E-state index contributed by atoms with van der Waals surface area (Å²) < 4.78 is 2.32. The Morgan fingerprint density at radius 3 is 1.94 bits per heavy atom. The van der Waals surface area contributed by atoms with Gasteiger partial charge in [0, 0.05) is 29.4 Å². The highest BCUT2D eigenvalue weighted by Crippen LogP contribution is 2.44. The summed E-state index contributed by atoms with van der Waals surface area (Å²) in [7, 11) is -1.52. The number of hydrogen-bond donors (Lipinski definition) is 1. The molecule has 1 N–H and O–H groups in total. The first kappa shape index (κ1) is 35.6. The van der Waals surface area contributed by atoms with Crippen LogP contribution in [0.2, 0.25) is 19.6 Å². The maximum absolute atomic E-state index is 11.9. The number of aromatic hydroxyl groups is 1. The van der Waals surface area contributed by atoms with Crippen molar-refractivity contribution in [2.45, 2.75) is 119 Å². The van der Waals surface area contributed by atoms with Crippen molar-refractivity contribution >= 4 is 24.3 Å². The highest BCUT2D eigenvalue weighted by Gasteiger charge is 2.29. The van der Waals surface area contributed by atoms with Crippen molar-refractivity contribution in [1.82, 2.24) is 14.5 Å². The average molecular weight is 660 g/mol. The number of nitrogens with zero attached hydrogens (tertiary/aromatic N) is 3. The van der Waals surface area contributed by atoms with Crippen LogP contribution >= 0.6 is 0 Å². The molecule has 254 valence electrons. The second-order valence-electron chi connectivity index (χ2n) is 18.3. The maximum atomic E-state index is 11.9. The van der Waals surface area contributed by atoms with Crippen molar-refractivity contribution in [3.63, 3.8) is 0 Å². The molecule has 0 amide bonds. The van der Waals surface area contributed by atoms with E-state index in [0.29, 0.717) is 11.7 Å². The summed E-state index contributed by atoms with van der Waals surface area (Å²) in [6.07, 6.45) is 1.97. The first-order chi connectivity index (χ1) is 22.1. The number of hydrogen-bond acceptors (Lipinski definition) is 3. The third-order valence-corrected chi connectivity index (χ3v) is 11.4. The summed E-state index contributed by atoms with van der Waals surface area (Å²) in [6.45, 7) is 32.5. The van der Waals surface area contributed by atoms with Gasteiger partial charge in [0.15, 0.2) is 0 Å². The quantitative estimate of drug-likeness (QED) is 0.185. The molecule has 5 aromatic rings. The Balaban J connectivity index is 1.83. The maximum Gasteiger partial charge on any atom is 0.144 e. The summed E-state index contributed by atoms with van der Waals surface area (Å²) in [5, 5.41) is 13.4. The van der Waals surface area contributed by atoms with Gasteiger partial charge in [-0.05, 0) is 75.3 Å². The molecule has 0 radical (unpaired) electrons. The number of benzene rings is 3. The molecule has 0 aliphatic carbocycles. The molecule has 48 heavy (non-hydrogen) atoms. The highest BCUT2D eigenvalue weighted by atomic mass is 28.3. The van der Waals surface area contributed by atoms with Crippen LogP contribution in [0.5, 0.6) is 5.75 Å². The van der Waals surface area contributed by atoms with Crippen LogP contribution in [0.25, 0.3) is 44.8 Å². The zero-order valence-corrected chi connectivity index (χ0v) is 32.9. The van der Waals surface area contributed by atoms with Gasteiger partial charge < -0.3 is 9.67 Å². The van der Waals surface area contributed by atoms with Crippen LogP contribution in [-0.2, 0) is 22.8 Å². The first-order valence-electron chi connectivity index (χ1n) is 17.6. The summed E-state index contributed by atoms with van der Waals surface area (Å²) in [5.41, 5.74) is 10.2. The molecule has 4 nitrogen and oxygen atoms in total. The molecule has 3 aromatic carbocycles. The molecule has 0 aliphatic heterocycles. The SMILES string of the molecule is CC(C)Cn1c(-c2cc(C(C)(C)C)cc(C(C)(C)C)c2O)nc2c(-c3cc(-c4cc([Si](C)(C)C)ccn4)cc(C(C)(C)C)c3)cccc21. The third-order valence-electron chi connectivity index (χ3n) is 9.38. The Hall–Kier alpha value is -3.70. The van der Waals surface area contributed by atoms with Gasteiger partial charge in [-0.25, -0.2) is 4.98 Å². The minimum Gasteiger partial charge on any atom is -0.507 e. The number of phenols is 1. The van der Waals surface area contributed by atoms with Crippen molar-refractivity contribution in [2.75, 3.05) is 0 Å². The number of pyridine rings is 1. The van der Waals surface area contributed by atoms with Crippen LogP contribution < -0.4 is 5.19 Å². The van der Waals surface area contributed by atoms with E-state index in [4.69, 9.17) is 9.97 Å². The summed E-state index contributed by atoms with van der Waals surface area (Å²) >= 11 is 0. The molecule has 0 spiro atoms. The molecule has 0 atom stereocenters. The van der Waals surface area contributed by atoms with Crippen molar-refractivity contribution in [3.8, 4) is 39.5 Å². The van der Waals surface area contributed by atoms with Crippen molar-refractivity contribution in [3.05, 3.63) is 83.6 Å². The van der Waals surface area contributed by atoms with Crippen LogP contribution in [0.1, 0.15) is 92.9 Å². The van der Waals surface area contributed by atoms with Gasteiger partial charge in [0.05, 0.1) is 30.4 Å². The number of phenolic OH excluding ortho intramolecular Hbond substituents is 1. The van der Waals surface area contributed by atoms with Gasteiger partial charge in [0.2, 0.25) is 0 Å². The predicted octanol–water partition coefficient (Wildman–Crippen LogP) is 11.2. The molecular formula is C43H57N3OSi. The Labute approximate surface area is 290 Å². The summed E-state index contributed by atoms with van der Waals surface area (Å²) in [6, 6.07) is 22.3. The molecular weight excluding hydrogens is 603 g/mol. The largest absolute Gasteiger partial charge is 0.507 e. The second kappa shape index (κ2) is 12.3. The molecule has 0 saturated heterocycles. The Morgan fingerprint density at radius 2 is 1.35 bits per heavy atom. The fourth-order valence-electron chi connectivity index (χ4n) is 6.36. The Kier molecular flexibility index (Phi) is 9.14. The van der Waals surface area contributed by atoms with E-state index in [9.17, 15) is 5.11 Å². The normalized spacial score (nSPS) is 13.1. The van der Waals surface area contributed by atoms with E-state index in [2.05, 4.69) is 161 Å². The number of para-hydroxylation sites is 1. The monoisotopic (exact) mass is 659 g/mol. The van der Waals surface area contributed by atoms with E-state index in [0.717, 1.165) is 56.9 Å². The van der Waals surface area contributed by atoms with Gasteiger partial charge in [-0.15, -0.1) is 0 Å². The molecule has 2 heterocycles. The van der Waals surface area contributed by atoms with E-state index in [1.54, 1.807) is 0 Å². The number of aromatic nitrogens is 3. The zero-order valence-electron chi connectivity index (χ0n) is 31.9. The van der Waals surface area contributed by atoms with Crippen LogP contribution in [0, 0.1) is 5.92 Å². The topological polar surface area (TPSA) is 50.9 Å². The van der Waals surface area contributed by atoms with Gasteiger partial charge >= 0.3 is 0 Å². The number of imidazole rings is 1. The van der Waals surface area contributed by atoms with Crippen molar-refractivity contribution in [2.24, 2.45) is 5.92 Å². The van der Waals surface area contributed by atoms with Gasteiger partial charge in [-0.3, -0.25) is 4.98 Å². The molecule has 0 bridgehead atoms. The lowest BCUT2D eigenvalue weighted by molar-refractivity contribution is 0.445. The molecule has 0 aliphatic rings. The molecule has 2 aromatic heterocycles. The lowest BCUT2D eigenvalue weighted by Crippen LogP contribution is -2.37. The first-order valence-corrected chi connectivity index (χ1v) is 21.1. The predicted molar refractivity (Wildman–Crippen MR) is 209 cm³/mol. The van der Waals surface area contributed by atoms with Gasteiger partial charge in [-0.2, -0.15) is 0 Å². The number of rotatable bonds is 6. The Bertz CT molecular complexity index is 1970. The van der Waals surface area contributed by atoms with Crippen LogP contribution in [0.15, 0.2) is 66.9 Å². The summed E-state index contributed by atoms with van der Waals surface area (Å²) in [5.74, 6) is 1.53. The number of fused-ring (bicyclic) bond motifs is 1. The lowest BCUT2D eigenvalue weighted by atomic mass is 9.79. The molecule has 5 rings (SSSR count). The van der Waals surface area contributed by atoms with Gasteiger partial charge in [-0.1, -0.05) is 125 Å². The lowest BCUT2D eigenvalue weighted by Gasteiger charge is -2.27. The van der Waals surface area contributed by atoms with Gasteiger partial charge in [0.25, 0.3) is 0 Å². The third kappa shape index (κ3) is 7.17. The van der Waals surface area contributed by atoms with E-state index < -0.39 is 8.07 Å². The zero-order chi connectivity index (χ0) is 35.6. The van der Waals surface area contributed by atoms with E-state index in [-0.39, 0.29) is 16.2 Å². The van der Waals surface area contributed by atoms with Gasteiger partial charge in [0.1, 0.15) is 11.6 Å². The fraction of sp³-hybridized carbons (Fsp3) is 0.442. The molecule has 0 unspecified atom stereocenters. The Morgan fingerprint density at radius 1 is 0.729 bits per heavy atom. The van der Waals surface area contributed by atoms with E-state index in [1.165, 1.54) is 16.3 Å². The molecule has 5 heteroatoms. The smallest absolute Gasteiger partial charge is 0.144 e. The van der Waals surface area contributed by atoms with Crippen molar-refractivity contribution in [1.29, 1.82) is 0 Å². The van der Waals surface area contributed by atoms with E-state index >= 15 is 0 Å². The standard InChI is InChI=1S/C43H57N3OSi/c1-27(2)26-46-37-17-15-16-33(38(37)45-40(46)34-23-31(42(6,7)8)24-35(39(34)47)43(9,10)11)28-20-29(22-30(21-28)41(3,4)5)36-25-32(18-19-44-36)48(12,13)14/h15-25,27,47H,26H2,1-14H3. The molecule has 0 fully saturated rings. The average Bonchev–Trinajstić information content (AvgIpc) is 3.32. The van der Waals surface area contributed by atoms with Crippen LogP contribution in [0.3, 0.4) is 0 Å². The fourth-order valence-corrected chi connectivity index (χ4v) is 7.51. The van der Waals surface area contributed by atoms with E-state index in [1.807, 2.05) is 6.20 Å². The minimum absolute atomic E-state index is 0.0558. The highest BCUT2D eigenvalue weighted by molar-refractivity contribution is 6.88. The van der Waals surface area contributed by atoms with Crippen molar-refractivity contribution < 1.29 is 5.11 Å².